The smallest absolute Gasteiger partial charge is 0.0319 e. The fourth-order valence-corrected chi connectivity index (χ4v) is 0. The third-order valence-electron chi connectivity index (χ3n) is 0. The zero-order valence-electron chi connectivity index (χ0n) is 4.72. The van der Waals surface area contributed by atoms with Crippen LogP contribution in [0.25, 0.3) is 0 Å². The molecule has 0 aliphatic rings. The van der Waals surface area contributed by atoms with Crippen LogP contribution in [0.15, 0.2) is 0 Å². The standard InChI is InChI=1S/C2H3O.CH4O.CH3.Y/c1-2-3;1-2;;/h2H,1H2;2H,1H3;1H3;/q-1;;-1;. The third-order valence-corrected chi connectivity index (χ3v) is 0. The summed E-state index contributed by atoms with van der Waals surface area (Å²) in [6.45, 7) is 2.81. The van der Waals surface area contributed by atoms with Gasteiger partial charge >= 0.3 is 0 Å². The Kier molecular flexibility index (Phi) is 294. The van der Waals surface area contributed by atoms with Gasteiger partial charge in [-0.05, 0) is 6.29 Å². The molecule has 0 fully saturated rings. The summed E-state index contributed by atoms with van der Waals surface area (Å²) in [7, 11) is 1.00. The Bertz CT molecular complexity index is 17.2. The second-order valence-corrected chi connectivity index (χ2v) is 0.167. The van der Waals surface area contributed by atoms with E-state index >= 15 is 0 Å². The first-order chi connectivity index (χ1) is 2.41. The van der Waals surface area contributed by atoms with Crippen LogP contribution < -0.4 is 0 Å². The molecule has 0 amide bonds. The van der Waals surface area contributed by atoms with E-state index in [2.05, 4.69) is 6.92 Å². The van der Waals surface area contributed by atoms with Crippen LogP contribution in [0, 0.1) is 14.4 Å². The molecular weight excluding hydrogens is 169 g/mol. The molecule has 0 aromatic carbocycles. The molecule has 7 heavy (non-hydrogen) atoms. The number of aldehydes is 1. The topological polar surface area (TPSA) is 37.3 Å². The molecule has 0 bridgehead atoms. The van der Waals surface area contributed by atoms with E-state index in [1.165, 1.54) is 0 Å². The van der Waals surface area contributed by atoms with Crippen LogP contribution in [0.3, 0.4) is 0 Å². The molecule has 0 heterocycles. The Labute approximate surface area is 70.2 Å². The van der Waals surface area contributed by atoms with Gasteiger partial charge in [-0.3, -0.25) is 0 Å². The van der Waals surface area contributed by atoms with Crippen molar-refractivity contribution in [1.82, 2.24) is 0 Å². The van der Waals surface area contributed by atoms with Crippen LogP contribution in [-0.2, 0) is 37.5 Å². The molecule has 1 radical (unpaired) electrons. The molecule has 0 aromatic rings. The van der Waals surface area contributed by atoms with Crippen molar-refractivity contribution in [2.24, 2.45) is 0 Å². The van der Waals surface area contributed by atoms with Gasteiger partial charge in [-0.1, -0.05) is 0 Å². The van der Waals surface area contributed by atoms with E-state index in [1.54, 1.807) is 0 Å². The molecule has 3 heteroatoms. The fraction of sp³-hybridized carbons (Fsp3) is 0.250. The van der Waals surface area contributed by atoms with Gasteiger partial charge in [0.1, 0.15) is 0 Å². The third kappa shape index (κ3) is 384. The molecule has 0 aromatic heterocycles. The molecule has 1 N–H and O–H groups in total. The zero-order valence-corrected chi connectivity index (χ0v) is 7.56. The van der Waals surface area contributed by atoms with Gasteiger partial charge in [0.25, 0.3) is 0 Å². The average Bonchev–Trinajstić information content (AvgIpc) is 1.46. The predicted molar refractivity (Wildman–Crippen MR) is 26.0 cm³/mol. The van der Waals surface area contributed by atoms with E-state index in [0.29, 0.717) is 6.29 Å². The summed E-state index contributed by atoms with van der Waals surface area (Å²) in [5, 5.41) is 7.00. The Morgan fingerprint density at radius 2 is 1.57 bits per heavy atom. The van der Waals surface area contributed by atoms with E-state index < -0.39 is 0 Å². The van der Waals surface area contributed by atoms with Gasteiger partial charge in [0, 0.05) is 39.8 Å². The Morgan fingerprint density at radius 1 is 1.57 bits per heavy atom. The number of rotatable bonds is 0. The van der Waals surface area contributed by atoms with Crippen molar-refractivity contribution < 1.29 is 42.6 Å². The molecule has 0 aliphatic carbocycles. The summed E-state index contributed by atoms with van der Waals surface area (Å²) in [6.07, 6.45) is 0.500. The first-order valence-electron chi connectivity index (χ1n) is 1.09. The maximum atomic E-state index is 8.69. The molecule has 2 nitrogen and oxygen atoms in total. The molecule has 0 saturated carbocycles. The maximum Gasteiger partial charge on any atom is 0.0319 e. The van der Waals surface area contributed by atoms with Gasteiger partial charge in [-0.25, -0.2) is 0 Å². The number of carbonyl (C=O) groups excluding carboxylic acids is 1. The van der Waals surface area contributed by atoms with E-state index in [0.717, 1.165) is 7.11 Å². The van der Waals surface area contributed by atoms with Gasteiger partial charge in [0.05, 0.1) is 0 Å². The number of carbonyl (C=O) groups is 1. The average molecular weight is 179 g/mol. The first-order valence-corrected chi connectivity index (χ1v) is 1.09. The normalized spacial score (nSPS) is 2.57. The van der Waals surface area contributed by atoms with Gasteiger partial charge in [0.15, 0.2) is 0 Å². The summed E-state index contributed by atoms with van der Waals surface area (Å²) >= 11 is 0. The second kappa shape index (κ2) is 80.6. The molecule has 0 aliphatic heterocycles. The Morgan fingerprint density at radius 3 is 1.57 bits per heavy atom. The van der Waals surface area contributed by atoms with Gasteiger partial charge < -0.3 is 24.3 Å². The molecule has 0 spiro atoms. The zero-order chi connectivity index (χ0) is 4.71. The number of hydrogen-bond donors (Lipinski definition) is 1. The van der Waals surface area contributed by atoms with Gasteiger partial charge in [-0.2, -0.15) is 0 Å². The quantitative estimate of drug-likeness (QED) is 0.422. The fourth-order valence-electron chi connectivity index (χ4n) is 0. The van der Waals surface area contributed by atoms with Crippen LogP contribution in [-0.4, -0.2) is 18.5 Å². The van der Waals surface area contributed by atoms with Crippen LogP contribution in [0.2, 0.25) is 0 Å². The molecule has 0 saturated heterocycles. The first kappa shape index (κ1) is 25.5. The summed E-state index contributed by atoms with van der Waals surface area (Å²) in [5.41, 5.74) is 0. The second-order valence-electron chi connectivity index (χ2n) is 0.167. The van der Waals surface area contributed by atoms with Crippen molar-refractivity contribution in [3.8, 4) is 0 Å². The minimum Gasteiger partial charge on any atom is -0.400 e. The summed E-state index contributed by atoms with van der Waals surface area (Å²) in [4.78, 5) is 8.69. The summed E-state index contributed by atoms with van der Waals surface area (Å²) < 4.78 is 0. The van der Waals surface area contributed by atoms with Crippen LogP contribution >= 0.6 is 0 Å². The molecule has 0 unspecified atom stereocenters. The summed E-state index contributed by atoms with van der Waals surface area (Å²) in [6, 6.07) is 0. The number of hydrogen-bond acceptors (Lipinski definition) is 2. The molecule has 0 atom stereocenters. The Hall–Kier alpha value is 0.604. The monoisotopic (exact) mass is 179 g/mol. The van der Waals surface area contributed by atoms with Crippen molar-refractivity contribution in [2.75, 3.05) is 7.11 Å². The molecule has 43 valence electrons. The molecule has 0 rings (SSSR count). The minimum atomic E-state index is 0. The van der Waals surface area contributed by atoms with Gasteiger partial charge in [0.2, 0.25) is 0 Å². The van der Waals surface area contributed by atoms with Crippen molar-refractivity contribution >= 4 is 6.29 Å². The van der Waals surface area contributed by atoms with Crippen molar-refractivity contribution in [3.63, 3.8) is 0 Å². The molecular formula is C4H10O2Y-2. The van der Waals surface area contributed by atoms with Crippen molar-refractivity contribution in [2.45, 2.75) is 0 Å². The summed E-state index contributed by atoms with van der Waals surface area (Å²) in [5.74, 6) is 0. The van der Waals surface area contributed by atoms with E-state index in [4.69, 9.17) is 9.90 Å². The van der Waals surface area contributed by atoms with E-state index in [-0.39, 0.29) is 40.1 Å². The van der Waals surface area contributed by atoms with E-state index in [9.17, 15) is 0 Å². The van der Waals surface area contributed by atoms with Crippen molar-refractivity contribution in [1.29, 1.82) is 0 Å². The predicted octanol–water partition coefficient (Wildman–Crippen LogP) is 0.0757. The van der Waals surface area contributed by atoms with Crippen LogP contribution in [0.1, 0.15) is 0 Å². The Balaban J connectivity index is -0.0000000105. The number of aliphatic hydroxyl groups is 1. The number of aliphatic hydroxyl groups excluding tert-OH is 1. The van der Waals surface area contributed by atoms with E-state index in [1.807, 2.05) is 0 Å². The SMILES string of the molecule is CO.[CH2-]C=O.[CH3-].[Y]. The maximum absolute atomic E-state index is 8.69. The van der Waals surface area contributed by atoms with Crippen molar-refractivity contribution in [3.05, 3.63) is 14.4 Å². The minimum absolute atomic E-state index is 0. The van der Waals surface area contributed by atoms with Gasteiger partial charge in [-0.15, -0.1) is 0 Å². The largest absolute Gasteiger partial charge is 0.400 e. The van der Waals surface area contributed by atoms with Crippen LogP contribution in [0.4, 0.5) is 0 Å². The van der Waals surface area contributed by atoms with Crippen LogP contribution in [0.5, 0.6) is 0 Å².